The van der Waals surface area contributed by atoms with Crippen LogP contribution in [0, 0.1) is 0 Å². The molecule has 0 unspecified atom stereocenters. The molecule has 0 amide bonds. The van der Waals surface area contributed by atoms with Crippen LogP contribution in [0.5, 0.6) is 0 Å². The highest BCUT2D eigenvalue weighted by Gasteiger charge is 2.40. The van der Waals surface area contributed by atoms with Gasteiger partial charge in [0.2, 0.25) is 0 Å². The maximum Gasteiger partial charge on any atom is 0.0654 e. The normalized spacial score (nSPS) is 25.3. The SMILES string of the molecule is CC1(C)CC(n2cccn2)CC(C)(C)O1. The van der Waals surface area contributed by atoms with Crippen molar-refractivity contribution < 1.29 is 4.74 Å². The van der Waals surface area contributed by atoms with Crippen LogP contribution in [-0.4, -0.2) is 21.0 Å². The van der Waals surface area contributed by atoms with Crippen molar-refractivity contribution in [2.75, 3.05) is 0 Å². The Labute approximate surface area is 91.4 Å². The van der Waals surface area contributed by atoms with E-state index in [1.54, 1.807) is 0 Å². The van der Waals surface area contributed by atoms with Crippen molar-refractivity contribution in [3.8, 4) is 0 Å². The minimum Gasteiger partial charge on any atom is -0.370 e. The van der Waals surface area contributed by atoms with Gasteiger partial charge in [-0.3, -0.25) is 4.68 Å². The Morgan fingerprint density at radius 2 is 1.80 bits per heavy atom. The fraction of sp³-hybridized carbons (Fsp3) is 0.750. The molecule has 1 aromatic rings. The number of hydrogen-bond acceptors (Lipinski definition) is 2. The van der Waals surface area contributed by atoms with Crippen molar-refractivity contribution in [3.05, 3.63) is 18.5 Å². The standard InChI is InChI=1S/C12H20N2O/c1-11(2)8-10(9-12(3,4)15-11)14-7-5-6-13-14/h5-7,10H,8-9H2,1-4H3. The lowest BCUT2D eigenvalue weighted by Crippen LogP contribution is -2.45. The van der Waals surface area contributed by atoms with Crippen molar-refractivity contribution >= 4 is 0 Å². The highest BCUT2D eigenvalue weighted by molar-refractivity contribution is 4.92. The third-order valence-electron chi connectivity index (χ3n) is 2.91. The molecule has 0 radical (unpaired) electrons. The Hall–Kier alpha value is -0.830. The summed E-state index contributed by atoms with van der Waals surface area (Å²) in [6, 6.07) is 2.44. The quantitative estimate of drug-likeness (QED) is 0.709. The van der Waals surface area contributed by atoms with E-state index in [2.05, 4.69) is 37.5 Å². The van der Waals surface area contributed by atoms with E-state index in [1.807, 2.05) is 18.5 Å². The summed E-state index contributed by atoms with van der Waals surface area (Å²) in [5, 5.41) is 4.33. The van der Waals surface area contributed by atoms with E-state index >= 15 is 0 Å². The van der Waals surface area contributed by atoms with Gasteiger partial charge in [-0.05, 0) is 46.6 Å². The maximum atomic E-state index is 6.05. The average molecular weight is 208 g/mol. The highest BCUT2D eigenvalue weighted by atomic mass is 16.5. The number of nitrogens with zero attached hydrogens (tertiary/aromatic N) is 2. The van der Waals surface area contributed by atoms with Crippen LogP contribution in [0.1, 0.15) is 46.6 Å². The van der Waals surface area contributed by atoms with Crippen molar-refractivity contribution in [1.82, 2.24) is 9.78 Å². The Balaban J connectivity index is 2.21. The number of aromatic nitrogens is 2. The van der Waals surface area contributed by atoms with Gasteiger partial charge in [0, 0.05) is 12.4 Å². The molecule has 0 bridgehead atoms. The van der Waals surface area contributed by atoms with E-state index in [9.17, 15) is 0 Å². The highest BCUT2D eigenvalue weighted by Crippen LogP contribution is 2.40. The minimum atomic E-state index is -0.0572. The molecule has 15 heavy (non-hydrogen) atoms. The molecular formula is C12H20N2O. The minimum absolute atomic E-state index is 0.0572. The fourth-order valence-electron chi connectivity index (χ4n) is 2.72. The van der Waals surface area contributed by atoms with E-state index < -0.39 is 0 Å². The molecule has 1 aliphatic heterocycles. The van der Waals surface area contributed by atoms with Crippen LogP contribution < -0.4 is 0 Å². The summed E-state index contributed by atoms with van der Waals surface area (Å²) in [4.78, 5) is 0. The second-order valence-electron chi connectivity index (χ2n) is 5.67. The van der Waals surface area contributed by atoms with E-state index in [1.165, 1.54) is 0 Å². The van der Waals surface area contributed by atoms with Gasteiger partial charge in [0.15, 0.2) is 0 Å². The van der Waals surface area contributed by atoms with Crippen LogP contribution in [0.2, 0.25) is 0 Å². The molecule has 3 nitrogen and oxygen atoms in total. The Morgan fingerprint density at radius 3 is 2.27 bits per heavy atom. The molecule has 0 N–H and O–H groups in total. The van der Waals surface area contributed by atoms with Gasteiger partial charge in [0.1, 0.15) is 0 Å². The zero-order chi connectivity index (χ0) is 11.1. The lowest BCUT2D eigenvalue weighted by Gasteiger charge is -2.45. The smallest absolute Gasteiger partial charge is 0.0654 e. The van der Waals surface area contributed by atoms with E-state index in [-0.39, 0.29) is 11.2 Å². The number of rotatable bonds is 1. The van der Waals surface area contributed by atoms with Crippen molar-refractivity contribution in [1.29, 1.82) is 0 Å². The lowest BCUT2D eigenvalue weighted by atomic mass is 9.85. The molecule has 3 heteroatoms. The maximum absolute atomic E-state index is 6.05. The molecule has 2 rings (SSSR count). The number of ether oxygens (including phenoxy) is 1. The van der Waals surface area contributed by atoms with Crippen molar-refractivity contribution in [2.24, 2.45) is 0 Å². The zero-order valence-corrected chi connectivity index (χ0v) is 10.0. The largest absolute Gasteiger partial charge is 0.370 e. The summed E-state index contributed by atoms with van der Waals surface area (Å²) in [6.45, 7) is 8.63. The number of hydrogen-bond donors (Lipinski definition) is 0. The van der Waals surface area contributed by atoms with E-state index in [0.717, 1.165) is 12.8 Å². The molecule has 1 aliphatic rings. The first-order valence-corrected chi connectivity index (χ1v) is 5.57. The van der Waals surface area contributed by atoms with Gasteiger partial charge in [0.05, 0.1) is 17.2 Å². The van der Waals surface area contributed by atoms with Crippen LogP contribution in [0.4, 0.5) is 0 Å². The Bertz CT molecular complexity index is 311. The average Bonchev–Trinajstić information content (AvgIpc) is 2.48. The second kappa shape index (κ2) is 3.34. The predicted molar refractivity (Wildman–Crippen MR) is 59.7 cm³/mol. The molecule has 0 atom stereocenters. The third kappa shape index (κ3) is 2.40. The molecule has 1 saturated heterocycles. The first kappa shape index (κ1) is 10.7. The van der Waals surface area contributed by atoms with Crippen molar-refractivity contribution in [2.45, 2.75) is 57.8 Å². The van der Waals surface area contributed by atoms with Gasteiger partial charge in [-0.25, -0.2) is 0 Å². The van der Waals surface area contributed by atoms with Gasteiger partial charge < -0.3 is 4.74 Å². The topological polar surface area (TPSA) is 27.1 Å². The van der Waals surface area contributed by atoms with Gasteiger partial charge in [-0.15, -0.1) is 0 Å². The second-order valence-corrected chi connectivity index (χ2v) is 5.67. The Morgan fingerprint density at radius 1 is 1.20 bits per heavy atom. The van der Waals surface area contributed by atoms with Gasteiger partial charge >= 0.3 is 0 Å². The van der Waals surface area contributed by atoms with Crippen LogP contribution in [-0.2, 0) is 4.74 Å². The molecule has 0 aliphatic carbocycles. The summed E-state index contributed by atoms with van der Waals surface area (Å²) in [6.07, 6.45) is 5.94. The summed E-state index contributed by atoms with van der Waals surface area (Å²) < 4.78 is 8.11. The van der Waals surface area contributed by atoms with E-state index in [4.69, 9.17) is 4.74 Å². The van der Waals surface area contributed by atoms with Crippen LogP contribution in [0.25, 0.3) is 0 Å². The monoisotopic (exact) mass is 208 g/mol. The van der Waals surface area contributed by atoms with Gasteiger partial charge in [0.25, 0.3) is 0 Å². The fourth-order valence-corrected chi connectivity index (χ4v) is 2.72. The van der Waals surface area contributed by atoms with Crippen LogP contribution in [0.15, 0.2) is 18.5 Å². The summed E-state index contributed by atoms with van der Waals surface area (Å²) >= 11 is 0. The molecule has 1 aromatic heterocycles. The molecule has 0 spiro atoms. The lowest BCUT2D eigenvalue weighted by molar-refractivity contribution is -0.170. The molecule has 2 heterocycles. The molecule has 1 fully saturated rings. The summed E-state index contributed by atoms with van der Waals surface area (Å²) in [7, 11) is 0. The van der Waals surface area contributed by atoms with Crippen LogP contribution >= 0.6 is 0 Å². The third-order valence-corrected chi connectivity index (χ3v) is 2.91. The summed E-state index contributed by atoms with van der Waals surface area (Å²) in [5.74, 6) is 0. The molecule has 0 aromatic carbocycles. The summed E-state index contributed by atoms with van der Waals surface area (Å²) in [5.41, 5.74) is -0.114. The van der Waals surface area contributed by atoms with Crippen molar-refractivity contribution in [3.63, 3.8) is 0 Å². The first-order chi connectivity index (χ1) is 6.88. The first-order valence-electron chi connectivity index (χ1n) is 5.57. The molecule has 84 valence electrons. The van der Waals surface area contributed by atoms with Crippen LogP contribution in [0.3, 0.4) is 0 Å². The Kier molecular flexibility index (Phi) is 2.38. The van der Waals surface area contributed by atoms with E-state index in [0.29, 0.717) is 6.04 Å². The molecule has 0 saturated carbocycles. The molecular weight excluding hydrogens is 188 g/mol. The van der Waals surface area contributed by atoms with Gasteiger partial charge in [-0.2, -0.15) is 5.10 Å². The van der Waals surface area contributed by atoms with Gasteiger partial charge in [-0.1, -0.05) is 0 Å². The predicted octanol–water partition coefficient (Wildman–Crippen LogP) is 2.79. The zero-order valence-electron chi connectivity index (χ0n) is 10.0.